The molecule has 2 nitrogen and oxygen atoms in total. The average Bonchev–Trinajstić information content (AvgIpc) is 2.50. The zero-order valence-electron chi connectivity index (χ0n) is 11.9. The van der Waals surface area contributed by atoms with Gasteiger partial charge < -0.3 is 10.1 Å². The van der Waals surface area contributed by atoms with Crippen LogP contribution in [0.4, 0.5) is 0 Å². The Balaban J connectivity index is 1.92. The Morgan fingerprint density at radius 3 is 2.80 bits per heavy atom. The lowest BCUT2D eigenvalue weighted by Gasteiger charge is -2.24. The lowest BCUT2D eigenvalue weighted by Crippen LogP contribution is -2.34. The minimum absolute atomic E-state index is 0.420. The summed E-state index contributed by atoms with van der Waals surface area (Å²) >= 11 is 5.38. The summed E-state index contributed by atoms with van der Waals surface area (Å²) in [6, 6.07) is 8.94. The second-order valence-electron chi connectivity index (χ2n) is 4.94. The molecule has 4 heteroatoms. The summed E-state index contributed by atoms with van der Waals surface area (Å²) in [5.74, 6) is 1.05. The predicted molar refractivity (Wildman–Crippen MR) is 90.2 cm³/mol. The smallest absolute Gasteiger partial charge is 0.0876 e. The Morgan fingerprint density at radius 1 is 1.35 bits per heavy atom. The second-order valence-corrected chi connectivity index (χ2v) is 6.95. The highest BCUT2D eigenvalue weighted by molar-refractivity contribution is 9.10. The molecule has 110 valence electrons. The van der Waals surface area contributed by atoms with Crippen LogP contribution in [0.1, 0.15) is 26.2 Å². The van der Waals surface area contributed by atoms with E-state index in [9.17, 15) is 0 Å². The molecule has 0 bridgehead atoms. The van der Waals surface area contributed by atoms with Gasteiger partial charge in [0.05, 0.1) is 12.9 Å². The van der Waals surface area contributed by atoms with Gasteiger partial charge in [-0.05, 0) is 55.6 Å². The number of rotatable bonds is 7. The maximum absolute atomic E-state index is 5.49. The zero-order chi connectivity index (χ0) is 14.2. The van der Waals surface area contributed by atoms with Crippen LogP contribution in [0.2, 0.25) is 0 Å². The summed E-state index contributed by atoms with van der Waals surface area (Å²) in [6.07, 6.45) is 5.42. The van der Waals surface area contributed by atoms with Crippen molar-refractivity contribution in [3.8, 4) is 0 Å². The normalized spacial score (nSPS) is 16.4. The molecule has 0 radical (unpaired) electrons. The molecular formula is C16H22BrNOS. The number of ether oxygens (including phenoxy) is 1. The van der Waals surface area contributed by atoms with Crippen molar-refractivity contribution in [1.29, 1.82) is 0 Å². The van der Waals surface area contributed by atoms with E-state index in [0.29, 0.717) is 6.04 Å². The summed E-state index contributed by atoms with van der Waals surface area (Å²) in [4.78, 5) is 1.31. The molecule has 0 aromatic heterocycles. The predicted octanol–water partition coefficient (Wildman–Crippen LogP) is 4.60. The highest BCUT2D eigenvalue weighted by Gasteiger charge is 2.16. The zero-order valence-corrected chi connectivity index (χ0v) is 14.3. The standard InChI is InChI=1S/C16H22BrNOS/c1-2-9-18-16(13-4-3-10-19-11-13)12-20-15-7-5-14(17)6-8-15/h5-8,11,16,18H,2-4,9-10,12H2,1H3. The van der Waals surface area contributed by atoms with Gasteiger partial charge in [-0.3, -0.25) is 0 Å². The largest absolute Gasteiger partial charge is 0.501 e. The lowest BCUT2D eigenvalue weighted by molar-refractivity contribution is 0.220. The molecule has 1 unspecified atom stereocenters. The summed E-state index contributed by atoms with van der Waals surface area (Å²) in [6.45, 7) is 4.13. The Hall–Kier alpha value is -0.450. The summed E-state index contributed by atoms with van der Waals surface area (Å²) in [7, 11) is 0. The van der Waals surface area contributed by atoms with Gasteiger partial charge in [0, 0.05) is 21.2 Å². The van der Waals surface area contributed by atoms with Gasteiger partial charge in [-0.1, -0.05) is 22.9 Å². The number of benzene rings is 1. The van der Waals surface area contributed by atoms with Crippen molar-refractivity contribution in [2.24, 2.45) is 0 Å². The molecule has 0 fully saturated rings. The van der Waals surface area contributed by atoms with E-state index in [-0.39, 0.29) is 0 Å². The first kappa shape index (κ1) is 15.9. The minimum Gasteiger partial charge on any atom is -0.501 e. The molecule has 2 rings (SSSR count). The maximum Gasteiger partial charge on any atom is 0.0876 e. The SMILES string of the molecule is CCCNC(CSc1ccc(Br)cc1)C1=COCCC1. The highest BCUT2D eigenvalue weighted by Crippen LogP contribution is 2.25. The number of halogens is 1. The molecule has 0 saturated heterocycles. The van der Waals surface area contributed by atoms with Gasteiger partial charge in [0.1, 0.15) is 0 Å². The average molecular weight is 356 g/mol. The topological polar surface area (TPSA) is 21.3 Å². The van der Waals surface area contributed by atoms with Crippen LogP contribution in [0, 0.1) is 0 Å². The molecule has 1 aliphatic heterocycles. The van der Waals surface area contributed by atoms with Crippen LogP contribution < -0.4 is 5.32 Å². The molecule has 0 aliphatic carbocycles. The van der Waals surface area contributed by atoms with E-state index in [1.807, 2.05) is 18.0 Å². The van der Waals surface area contributed by atoms with Crippen LogP contribution in [0.3, 0.4) is 0 Å². The van der Waals surface area contributed by atoms with E-state index in [4.69, 9.17) is 4.74 Å². The van der Waals surface area contributed by atoms with Crippen LogP contribution in [0.5, 0.6) is 0 Å². The molecule has 1 aliphatic rings. The van der Waals surface area contributed by atoms with Crippen LogP contribution >= 0.6 is 27.7 Å². The van der Waals surface area contributed by atoms with E-state index in [1.54, 1.807) is 0 Å². The number of hydrogen-bond acceptors (Lipinski definition) is 3. The highest BCUT2D eigenvalue weighted by atomic mass is 79.9. The first-order chi connectivity index (χ1) is 9.79. The first-order valence-electron chi connectivity index (χ1n) is 7.22. The van der Waals surface area contributed by atoms with E-state index in [0.717, 1.165) is 42.6 Å². The molecule has 0 spiro atoms. The molecule has 1 aromatic carbocycles. The van der Waals surface area contributed by atoms with Crippen molar-refractivity contribution in [3.05, 3.63) is 40.6 Å². The van der Waals surface area contributed by atoms with Gasteiger partial charge in [0.15, 0.2) is 0 Å². The third kappa shape index (κ3) is 5.15. The van der Waals surface area contributed by atoms with Gasteiger partial charge in [0.25, 0.3) is 0 Å². The van der Waals surface area contributed by atoms with Gasteiger partial charge in [0.2, 0.25) is 0 Å². The van der Waals surface area contributed by atoms with Gasteiger partial charge in [-0.2, -0.15) is 0 Å². The van der Waals surface area contributed by atoms with Crippen LogP contribution in [-0.4, -0.2) is 24.9 Å². The molecule has 1 aromatic rings. The van der Waals surface area contributed by atoms with Crippen LogP contribution in [0.25, 0.3) is 0 Å². The molecule has 0 saturated carbocycles. The van der Waals surface area contributed by atoms with Gasteiger partial charge in [-0.25, -0.2) is 0 Å². The fourth-order valence-electron chi connectivity index (χ4n) is 2.17. The summed E-state index contributed by atoms with van der Waals surface area (Å²) in [5, 5.41) is 3.64. The van der Waals surface area contributed by atoms with E-state index < -0.39 is 0 Å². The van der Waals surface area contributed by atoms with Gasteiger partial charge in [-0.15, -0.1) is 11.8 Å². The number of nitrogens with one attached hydrogen (secondary N) is 1. The maximum atomic E-state index is 5.49. The van der Waals surface area contributed by atoms with E-state index in [1.165, 1.54) is 10.5 Å². The Morgan fingerprint density at radius 2 is 2.15 bits per heavy atom. The third-order valence-corrected chi connectivity index (χ3v) is 4.92. The van der Waals surface area contributed by atoms with Crippen molar-refractivity contribution in [2.75, 3.05) is 18.9 Å². The van der Waals surface area contributed by atoms with E-state index in [2.05, 4.69) is 52.4 Å². The molecule has 1 N–H and O–H groups in total. The lowest BCUT2D eigenvalue weighted by atomic mass is 10.0. The molecule has 1 heterocycles. The Labute approximate surface area is 134 Å². The van der Waals surface area contributed by atoms with Crippen molar-refractivity contribution in [2.45, 2.75) is 37.1 Å². The van der Waals surface area contributed by atoms with Crippen LogP contribution in [0.15, 0.2) is 45.5 Å². The van der Waals surface area contributed by atoms with Crippen molar-refractivity contribution < 1.29 is 4.74 Å². The summed E-state index contributed by atoms with van der Waals surface area (Å²) < 4.78 is 6.62. The molecule has 1 atom stereocenters. The first-order valence-corrected chi connectivity index (χ1v) is 8.99. The van der Waals surface area contributed by atoms with Crippen molar-refractivity contribution in [1.82, 2.24) is 5.32 Å². The third-order valence-electron chi connectivity index (χ3n) is 3.28. The monoisotopic (exact) mass is 355 g/mol. The molecule has 0 amide bonds. The van der Waals surface area contributed by atoms with Crippen LogP contribution in [-0.2, 0) is 4.74 Å². The second kappa shape index (κ2) is 8.75. The fraction of sp³-hybridized carbons (Fsp3) is 0.500. The fourth-order valence-corrected chi connectivity index (χ4v) is 3.45. The molecular weight excluding hydrogens is 334 g/mol. The quantitative estimate of drug-likeness (QED) is 0.722. The number of thioether (sulfide) groups is 1. The number of hydrogen-bond donors (Lipinski definition) is 1. The van der Waals surface area contributed by atoms with E-state index >= 15 is 0 Å². The minimum atomic E-state index is 0.420. The van der Waals surface area contributed by atoms with Crippen molar-refractivity contribution in [3.63, 3.8) is 0 Å². The summed E-state index contributed by atoms with van der Waals surface area (Å²) in [5.41, 5.74) is 1.41. The van der Waals surface area contributed by atoms with Crippen molar-refractivity contribution >= 4 is 27.7 Å². The Bertz CT molecular complexity index is 433. The van der Waals surface area contributed by atoms with Gasteiger partial charge >= 0.3 is 0 Å². The molecule has 20 heavy (non-hydrogen) atoms. The Kier molecular flexibility index (Phi) is 6.97.